The fourth-order valence-corrected chi connectivity index (χ4v) is 19.0. The number of thiophene rings is 2. The molecule has 1 saturated carbocycles. The third kappa shape index (κ3) is 6.23. The van der Waals surface area contributed by atoms with E-state index in [1.165, 1.54) is 169 Å². The van der Waals surface area contributed by atoms with Crippen LogP contribution in [-0.4, -0.2) is 12.3 Å². The van der Waals surface area contributed by atoms with Crippen molar-refractivity contribution >= 4 is 132 Å². The zero-order chi connectivity index (χ0) is 53.2. The van der Waals surface area contributed by atoms with E-state index in [-0.39, 0.29) is 39.3 Å². The molecule has 10 aromatic rings. The summed E-state index contributed by atoms with van der Waals surface area (Å²) in [5.74, 6) is 0. The van der Waals surface area contributed by atoms with Gasteiger partial charge in [0.1, 0.15) is 0 Å². The van der Waals surface area contributed by atoms with Crippen LogP contribution in [0.2, 0.25) is 0 Å². The summed E-state index contributed by atoms with van der Waals surface area (Å²) < 4.78 is 5.35. The van der Waals surface area contributed by atoms with Crippen LogP contribution in [-0.2, 0) is 27.1 Å². The second-order valence-electron chi connectivity index (χ2n) is 27.6. The lowest BCUT2D eigenvalue weighted by molar-refractivity contribution is 0.195. The molecule has 78 heavy (non-hydrogen) atoms. The maximum Gasteiger partial charge on any atom is 0.252 e. The molecule has 0 amide bonds. The number of hydrogen-bond donors (Lipinski definition) is 0. The first-order chi connectivity index (χ1) is 37.4. The summed E-state index contributed by atoms with van der Waals surface area (Å²) in [6.45, 7) is 25.2. The molecule has 0 N–H and O–H groups in total. The standard InChI is InChI=1S/C72H70BN3S2/c1-67(2)32-33-68(3,4)51-36-43(28-29-49(51)67)74-58-41-53-52(69(5,6)34-35-70(53,7)8)40-55(58)73-54-39-48-46-21-12-15-26-62(46)77-64(48)42-59(54)75(57-25-19-22-47-45-20-11-16-27-63(45)78-66(47)57)61-38-44(37-60(74)65(61)73)76-56-24-14-13-23-50(56)71(9)30-17-18-31-72(71,76)10/h11-16,19-29,36-42H,17-18,30-35H2,1-10H3. The number of fused-ring (bicyclic) bond motifs is 15. The van der Waals surface area contributed by atoms with E-state index in [2.05, 4.69) is 230 Å². The van der Waals surface area contributed by atoms with Crippen molar-refractivity contribution in [3.63, 3.8) is 0 Å². The minimum absolute atomic E-state index is 0.000132. The maximum absolute atomic E-state index is 2.85. The predicted molar refractivity (Wildman–Crippen MR) is 340 cm³/mol. The van der Waals surface area contributed by atoms with Crippen molar-refractivity contribution < 1.29 is 0 Å². The van der Waals surface area contributed by atoms with Crippen molar-refractivity contribution in [3.05, 3.63) is 173 Å². The normalized spacial score (nSPS) is 22.7. The zero-order valence-electron chi connectivity index (χ0n) is 47.2. The van der Waals surface area contributed by atoms with Crippen LogP contribution in [0.1, 0.15) is 148 Å². The van der Waals surface area contributed by atoms with E-state index in [0.717, 1.165) is 12.8 Å². The van der Waals surface area contributed by atoms with E-state index in [0.29, 0.717) is 0 Å². The van der Waals surface area contributed by atoms with Crippen LogP contribution in [0.3, 0.4) is 0 Å². The molecule has 0 saturated heterocycles. The van der Waals surface area contributed by atoms with Crippen molar-refractivity contribution in [2.24, 2.45) is 0 Å². The van der Waals surface area contributed by atoms with Gasteiger partial charge in [0.25, 0.3) is 6.71 Å². The molecule has 3 nitrogen and oxygen atoms in total. The molecule has 2 aromatic heterocycles. The summed E-state index contributed by atoms with van der Waals surface area (Å²) in [5, 5.41) is 5.36. The highest BCUT2D eigenvalue weighted by Crippen LogP contribution is 2.62. The molecule has 16 rings (SSSR count). The van der Waals surface area contributed by atoms with E-state index >= 15 is 0 Å². The second kappa shape index (κ2) is 15.7. The Morgan fingerprint density at radius 2 is 0.936 bits per heavy atom. The average Bonchev–Trinajstić information content (AvgIpc) is 3.30. The number of rotatable bonds is 3. The van der Waals surface area contributed by atoms with Crippen LogP contribution in [0.5, 0.6) is 0 Å². The lowest BCUT2D eigenvalue weighted by Gasteiger charge is -2.51. The Balaban J connectivity index is 1.08. The summed E-state index contributed by atoms with van der Waals surface area (Å²) in [5.41, 5.74) is 22.2. The van der Waals surface area contributed by atoms with Gasteiger partial charge in [-0.3, -0.25) is 0 Å². The molecule has 8 aromatic carbocycles. The summed E-state index contributed by atoms with van der Waals surface area (Å²) >= 11 is 3.90. The predicted octanol–water partition coefficient (Wildman–Crippen LogP) is 18.9. The highest BCUT2D eigenvalue weighted by atomic mass is 32.1. The Labute approximate surface area is 470 Å². The smallest absolute Gasteiger partial charge is 0.252 e. The highest BCUT2D eigenvalue weighted by molar-refractivity contribution is 7.26. The Morgan fingerprint density at radius 3 is 1.68 bits per heavy atom. The van der Waals surface area contributed by atoms with Crippen LogP contribution in [0.15, 0.2) is 146 Å². The van der Waals surface area contributed by atoms with Crippen molar-refractivity contribution in [1.82, 2.24) is 0 Å². The number of para-hydroxylation sites is 1. The van der Waals surface area contributed by atoms with Gasteiger partial charge in [0.15, 0.2) is 0 Å². The first-order valence-corrected chi connectivity index (χ1v) is 30.9. The molecule has 2 unspecified atom stereocenters. The van der Waals surface area contributed by atoms with E-state index in [1.54, 1.807) is 0 Å². The quantitative estimate of drug-likeness (QED) is 0.163. The van der Waals surface area contributed by atoms with Gasteiger partial charge in [0.05, 0.1) is 15.9 Å². The first-order valence-electron chi connectivity index (χ1n) is 29.2. The molecular formula is C72H70BN3S2. The van der Waals surface area contributed by atoms with Crippen molar-refractivity contribution in [2.75, 3.05) is 14.7 Å². The Hall–Kier alpha value is -6.34. The fourth-order valence-electron chi connectivity index (χ4n) is 16.7. The zero-order valence-corrected chi connectivity index (χ0v) is 48.9. The molecule has 0 radical (unpaired) electrons. The lowest BCUT2D eigenvalue weighted by atomic mass is 9.33. The van der Waals surface area contributed by atoms with Crippen molar-refractivity contribution in [3.8, 4) is 0 Å². The summed E-state index contributed by atoms with van der Waals surface area (Å²) in [4.78, 5) is 8.39. The number of nitrogens with zero attached hydrogens (tertiary/aromatic N) is 3. The van der Waals surface area contributed by atoms with E-state index in [9.17, 15) is 0 Å². The molecule has 3 aliphatic carbocycles. The van der Waals surface area contributed by atoms with Crippen LogP contribution >= 0.6 is 22.7 Å². The third-order valence-corrected chi connectivity index (χ3v) is 23.9. The number of hydrogen-bond acceptors (Lipinski definition) is 5. The minimum Gasteiger partial charge on any atom is -0.334 e. The summed E-state index contributed by atoms with van der Waals surface area (Å²) in [7, 11) is 0. The Bertz CT molecular complexity index is 4260. The van der Waals surface area contributed by atoms with Gasteiger partial charge in [-0.2, -0.15) is 0 Å². The van der Waals surface area contributed by atoms with E-state index in [1.807, 2.05) is 22.7 Å². The van der Waals surface area contributed by atoms with Crippen LogP contribution in [0.25, 0.3) is 40.3 Å². The molecule has 3 aliphatic heterocycles. The second-order valence-corrected chi connectivity index (χ2v) is 29.8. The molecule has 6 heteroatoms. The first kappa shape index (κ1) is 47.6. The molecular weight excluding hydrogens is 982 g/mol. The Morgan fingerprint density at radius 1 is 0.372 bits per heavy atom. The highest BCUT2D eigenvalue weighted by Gasteiger charge is 2.58. The van der Waals surface area contributed by atoms with Gasteiger partial charge in [-0.1, -0.05) is 160 Å². The monoisotopic (exact) mass is 1050 g/mol. The third-order valence-electron chi connectivity index (χ3n) is 21.5. The molecule has 0 bridgehead atoms. The number of anilines is 8. The van der Waals surface area contributed by atoms with E-state index < -0.39 is 0 Å². The maximum atomic E-state index is 2.85. The van der Waals surface area contributed by atoms with Gasteiger partial charge in [0.2, 0.25) is 0 Å². The molecule has 0 spiro atoms. The Kier molecular flexibility index (Phi) is 9.61. The summed E-state index contributed by atoms with van der Waals surface area (Å²) in [6, 6.07) is 58.6. The van der Waals surface area contributed by atoms with Crippen molar-refractivity contribution in [1.29, 1.82) is 0 Å². The van der Waals surface area contributed by atoms with Gasteiger partial charge in [0, 0.05) is 75.5 Å². The van der Waals surface area contributed by atoms with Gasteiger partial charge in [-0.05, 0) is 177 Å². The molecule has 5 heterocycles. The molecule has 388 valence electrons. The van der Waals surface area contributed by atoms with E-state index in [4.69, 9.17) is 0 Å². The van der Waals surface area contributed by atoms with Crippen LogP contribution in [0.4, 0.5) is 45.5 Å². The van der Waals surface area contributed by atoms with Crippen molar-refractivity contribution in [2.45, 2.75) is 153 Å². The summed E-state index contributed by atoms with van der Waals surface area (Å²) in [6.07, 6.45) is 9.51. The lowest BCUT2D eigenvalue weighted by Crippen LogP contribution is -2.62. The number of benzene rings is 8. The topological polar surface area (TPSA) is 9.72 Å². The van der Waals surface area contributed by atoms with Gasteiger partial charge in [-0.25, -0.2) is 0 Å². The average molecular weight is 1050 g/mol. The molecule has 1 fully saturated rings. The van der Waals surface area contributed by atoms with Crippen LogP contribution < -0.4 is 31.1 Å². The van der Waals surface area contributed by atoms with Gasteiger partial charge in [-0.15, -0.1) is 22.7 Å². The molecule has 6 aliphatic rings. The van der Waals surface area contributed by atoms with Gasteiger partial charge >= 0.3 is 0 Å². The van der Waals surface area contributed by atoms with Crippen LogP contribution in [0, 0.1) is 0 Å². The SMILES string of the molecule is CC1(C)CCC(C)(C)c2cc(N3c4cc5c(cc4B4c6cc7c(cc6N(c6cccc8c6sc6ccccc68)c6cc(N8c9ccccc9C9(C)CCCCC89C)cc3c64)sc3ccccc37)C(C)(C)CCC5(C)C)ccc21. The molecule has 2 atom stereocenters. The fraction of sp³-hybridized carbons (Fsp3) is 0.333. The minimum atomic E-state index is -0.130. The largest absolute Gasteiger partial charge is 0.334 e. The van der Waals surface area contributed by atoms with Gasteiger partial charge < -0.3 is 14.7 Å².